The Bertz CT molecular complexity index is 730. The highest BCUT2D eigenvalue weighted by Gasteiger charge is 2.26. The minimum atomic E-state index is -0.0994. The molecule has 0 saturated carbocycles. The summed E-state index contributed by atoms with van der Waals surface area (Å²) < 4.78 is 20.1. The highest BCUT2D eigenvalue weighted by atomic mass is 79.9. The fourth-order valence-electron chi connectivity index (χ4n) is 3.65. The molecule has 28 heavy (non-hydrogen) atoms. The summed E-state index contributed by atoms with van der Waals surface area (Å²) in [5.41, 5.74) is 1.05. The number of rotatable bonds is 7. The zero-order chi connectivity index (χ0) is 19.2. The molecule has 8 heteroatoms. The molecule has 2 aliphatic heterocycles. The molecular weight excluding hydrogens is 424 g/mol. The van der Waals surface area contributed by atoms with Crippen LogP contribution in [0.15, 0.2) is 35.1 Å². The molecule has 2 saturated heterocycles. The van der Waals surface area contributed by atoms with Gasteiger partial charge in [-0.25, -0.2) is 4.68 Å². The lowest BCUT2D eigenvalue weighted by molar-refractivity contribution is -0.160. The molecule has 3 heterocycles. The number of anilines is 2. The standard InChI is InChI=1S/C20H27BrN4O3/c21-19-22-20(25(23-19)17-10-4-6-13-26-17)24(16-8-2-1-3-9-16)12-15-28-18-11-5-7-14-27-18/h1-3,8-9,17-18H,4-7,10-15H2. The normalized spacial score (nSPS) is 22.9. The van der Waals surface area contributed by atoms with Crippen molar-refractivity contribution >= 4 is 27.6 Å². The van der Waals surface area contributed by atoms with E-state index in [1.54, 1.807) is 0 Å². The number of benzene rings is 1. The van der Waals surface area contributed by atoms with Gasteiger partial charge in [0, 0.05) is 25.4 Å². The van der Waals surface area contributed by atoms with Crippen molar-refractivity contribution in [3.63, 3.8) is 0 Å². The van der Waals surface area contributed by atoms with E-state index in [9.17, 15) is 0 Å². The molecule has 1 aromatic carbocycles. The molecule has 2 aliphatic rings. The Morgan fingerprint density at radius 2 is 1.86 bits per heavy atom. The molecular formula is C20H27BrN4O3. The van der Waals surface area contributed by atoms with Crippen LogP contribution in [0.25, 0.3) is 0 Å². The number of hydrogen-bond donors (Lipinski definition) is 0. The van der Waals surface area contributed by atoms with Gasteiger partial charge in [0.2, 0.25) is 10.7 Å². The van der Waals surface area contributed by atoms with Crippen molar-refractivity contribution in [3.8, 4) is 0 Å². The van der Waals surface area contributed by atoms with E-state index in [1.807, 2.05) is 22.9 Å². The average Bonchev–Trinajstić information content (AvgIpc) is 3.14. The molecule has 0 radical (unpaired) electrons. The summed E-state index contributed by atoms with van der Waals surface area (Å²) in [5.74, 6) is 0.762. The van der Waals surface area contributed by atoms with Gasteiger partial charge in [0.05, 0.1) is 6.61 Å². The second-order valence-corrected chi connectivity index (χ2v) is 7.81. The third-order valence-electron chi connectivity index (χ3n) is 5.08. The van der Waals surface area contributed by atoms with E-state index in [4.69, 9.17) is 14.2 Å². The van der Waals surface area contributed by atoms with E-state index in [2.05, 4.69) is 43.0 Å². The minimum Gasteiger partial charge on any atom is -0.356 e. The third-order valence-corrected chi connectivity index (χ3v) is 5.42. The highest BCUT2D eigenvalue weighted by Crippen LogP contribution is 2.31. The predicted molar refractivity (Wildman–Crippen MR) is 110 cm³/mol. The highest BCUT2D eigenvalue weighted by molar-refractivity contribution is 9.10. The Morgan fingerprint density at radius 1 is 1.07 bits per heavy atom. The van der Waals surface area contributed by atoms with Crippen LogP contribution >= 0.6 is 15.9 Å². The molecule has 152 valence electrons. The molecule has 2 atom stereocenters. The van der Waals surface area contributed by atoms with Crippen LogP contribution in [0.2, 0.25) is 0 Å². The third kappa shape index (κ3) is 4.92. The lowest BCUT2D eigenvalue weighted by Gasteiger charge is -2.29. The minimum absolute atomic E-state index is 0.0867. The summed E-state index contributed by atoms with van der Waals surface area (Å²) in [6.45, 7) is 2.75. The van der Waals surface area contributed by atoms with Gasteiger partial charge < -0.3 is 19.1 Å². The van der Waals surface area contributed by atoms with Gasteiger partial charge >= 0.3 is 0 Å². The second-order valence-electron chi connectivity index (χ2n) is 7.10. The van der Waals surface area contributed by atoms with Crippen LogP contribution in [0.1, 0.15) is 44.8 Å². The zero-order valence-corrected chi connectivity index (χ0v) is 17.6. The number of aromatic nitrogens is 3. The van der Waals surface area contributed by atoms with Crippen LogP contribution in [0, 0.1) is 0 Å². The van der Waals surface area contributed by atoms with Gasteiger partial charge in [0.1, 0.15) is 0 Å². The molecule has 0 aliphatic carbocycles. The fraction of sp³-hybridized carbons (Fsp3) is 0.600. The monoisotopic (exact) mass is 450 g/mol. The summed E-state index contributed by atoms with van der Waals surface area (Å²) in [6.07, 6.45) is 6.23. The van der Waals surface area contributed by atoms with Gasteiger partial charge in [-0.15, -0.1) is 5.10 Å². The average molecular weight is 451 g/mol. The van der Waals surface area contributed by atoms with Gasteiger partial charge in [0.25, 0.3) is 0 Å². The molecule has 1 aromatic heterocycles. The predicted octanol–water partition coefficient (Wildman–Crippen LogP) is 4.42. The molecule has 2 fully saturated rings. The molecule has 0 N–H and O–H groups in total. The Kier molecular flexibility index (Phi) is 6.95. The molecule has 0 amide bonds. The Morgan fingerprint density at radius 3 is 2.57 bits per heavy atom. The maximum absolute atomic E-state index is 5.98. The van der Waals surface area contributed by atoms with Crippen LogP contribution in [-0.2, 0) is 14.2 Å². The van der Waals surface area contributed by atoms with Crippen LogP contribution in [0.4, 0.5) is 11.6 Å². The molecule has 0 bridgehead atoms. The van der Waals surface area contributed by atoms with Crippen molar-refractivity contribution < 1.29 is 14.2 Å². The smallest absolute Gasteiger partial charge is 0.231 e. The first-order valence-electron chi connectivity index (χ1n) is 10.1. The van der Waals surface area contributed by atoms with E-state index in [-0.39, 0.29) is 12.5 Å². The van der Waals surface area contributed by atoms with Crippen LogP contribution in [0.3, 0.4) is 0 Å². The van der Waals surface area contributed by atoms with Gasteiger partial charge in [-0.2, -0.15) is 4.98 Å². The largest absolute Gasteiger partial charge is 0.356 e. The molecule has 0 spiro atoms. The maximum atomic E-state index is 5.98. The van der Waals surface area contributed by atoms with Crippen molar-refractivity contribution in [1.82, 2.24) is 14.8 Å². The summed E-state index contributed by atoms with van der Waals surface area (Å²) >= 11 is 3.44. The lowest BCUT2D eigenvalue weighted by Crippen LogP contribution is -2.31. The summed E-state index contributed by atoms with van der Waals surface area (Å²) in [4.78, 5) is 6.79. The molecule has 4 rings (SSSR count). The van der Waals surface area contributed by atoms with Crippen molar-refractivity contribution in [3.05, 3.63) is 35.1 Å². The van der Waals surface area contributed by atoms with E-state index < -0.39 is 0 Å². The second kappa shape index (κ2) is 9.82. The number of halogens is 1. The molecule has 2 aromatic rings. The SMILES string of the molecule is Brc1nc(N(CCOC2CCCCO2)c2ccccc2)n(C2CCCCO2)n1. The number of nitrogens with zero attached hydrogens (tertiary/aromatic N) is 4. The quantitative estimate of drug-likeness (QED) is 0.621. The molecule has 2 unspecified atom stereocenters. The Labute approximate surface area is 174 Å². The summed E-state index contributed by atoms with van der Waals surface area (Å²) in [6, 6.07) is 10.2. The first-order chi connectivity index (χ1) is 13.8. The number of ether oxygens (including phenoxy) is 3. The summed E-state index contributed by atoms with van der Waals surface area (Å²) in [7, 11) is 0. The van der Waals surface area contributed by atoms with Gasteiger partial charge in [0.15, 0.2) is 12.5 Å². The van der Waals surface area contributed by atoms with Crippen molar-refractivity contribution in [2.75, 3.05) is 31.3 Å². The van der Waals surface area contributed by atoms with Crippen molar-refractivity contribution in [1.29, 1.82) is 0 Å². The van der Waals surface area contributed by atoms with Crippen molar-refractivity contribution in [2.24, 2.45) is 0 Å². The fourth-order valence-corrected chi connectivity index (χ4v) is 3.98. The Hall–Kier alpha value is -1.48. The lowest BCUT2D eigenvalue weighted by atomic mass is 10.2. The zero-order valence-electron chi connectivity index (χ0n) is 16.0. The first-order valence-corrected chi connectivity index (χ1v) is 10.9. The van der Waals surface area contributed by atoms with E-state index >= 15 is 0 Å². The topological polar surface area (TPSA) is 61.6 Å². The van der Waals surface area contributed by atoms with Gasteiger partial charge in [-0.3, -0.25) is 0 Å². The van der Waals surface area contributed by atoms with Crippen LogP contribution < -0.4 is 4.90 Å². The van der Waals surface area contributed by atoms with Gasteiger partial charge in [-0.05, 0) is 66.6 Å². The Balaban J connectivity index is 1.53. The first kappa shape index (κ1) is 19.8. The molecule has 7 nitrogen and oxygen atoms in total. The van der Waals surface area contributed by atoms with Crippen molar-refractivity contribution in [2.45, 2.75) is 51.0 Å². The van der Waals surface area contributed by atoms with E-state index in [0.717, 1.165) is 63.4 Å². The maximum Gasteiger partial charge on any atom is 0.231 e. The summed E-state index contributed by atoms with van der Waals surface area (Å²) in [5, 5.41) is 4.57. The van der Waals surface area contributed by atoms with Crippen LogP contribution in [-0.4, -0.2) is 47.4 Å². The van der Waals surface area contributed by atoms with E-state index in [1.165, 1.54) is 0 Å². The van der Waals surface area contributed by atoms with E-state index in [0.29, 0.717) is 17.9 Å². The number of hydrogen-bond acceptors (Lipinski definition) is 6. The van der Waals surface area contributed by atoms with Crippen LogP contribution in [0.5, 0.6) is 0 Å². The van der Waals surface area contributed by atoms with Gasteiger partial charge in [-0.1, -0.05) is 18.2 Å². The number of para-hydroxylation sites is 1.